The highest BCUT2D eigenvalue weighted by Gasteiger charge is 2.29. The zero-order valence-corrected chi connectivity index (χ0v) is 15.5. The van der Waals surface area contributed by atoms with Gasteiger partial charge in [-0.05, 0) is 53.6 Å². The molecule has 4 rings (SSSR count). The molecule has 7 nitrogen and oxygen atoms in total. The molecule has 0 aliphatic carbocycles. The lowest BCUT2D eigenvalue weighted by molar-refractivity contribution is -0.120. The Hall–Kier alpha value is -3.32. The van der Waals surface area contributed by atoms with Crippen LogP contribution in [0.3, 0.4) is 0 Å². The number of aromatic nitrogens is 4. The molecule has 1 aliphatic rings. The maximum atomic E-state index is 12.8. The first-order chi connectivity index (χ1) is 13.8. The zero-order valence-electron chi connectivity index (χ0n) is 15.5. The number of carbonyl (C=O) groups is 1. The van der Waals surface area contributed by atoms with E-state index < -0.39 is 0 Å². The first-order valence-electron chi connectivity index (χ1n) is 9.39. The van der Waals surface area contributed by atoms with Crippen molar-refractivity contribution in [2.24, 2.45) is 0 Å². The predicted octanol–water partition coefficient (Wildman–Crippen LogP) is 2.78. The standard InChI is InChI=1S/C21H22N6O/c28-21(23-18-10-4-11-19(15-18)27-16-22-24-25-27)20-12-6-14-26(20)13-5-9-17-7-2-1-3-8-17/h1-5,7-11,15-16,20H,6,12-14H2,(H,23,28)/b9-5+. The van der Waals surface area contributed by atoms with Crippen LogP contribution in [0.1, 0.15) is 18.4 Å². The van der Waals surface area contributed by atoms with E-state index in [9.17, 15) is 4.79 Å². The molecule has 28 heavy (non-hydrogen) atoms. The van der Waals surface area contributed by atoms with E-state index in [0.29, 0.717) is 0 Å². The summed E-state index contributed by atoms with van der Waals surface area (Å²) >= 11 is 0. The lowest BCUT2D eigenvalue weighted by Crippen LogP contribution is -2.39. The van der Waals surface area contributed by atoms with Gasteiger partial charge in [0.15, 0.2) is 0 Å². The molecule has 1 aromatic heterocycles. The Labute approximate surface area is 163 Å². The number of nitrogens with one attached hydrogen (secondary N) is 1. The van der Waals surface area contributed by atoms with Gasteiger partial charge in [-0.3, -0.25) is 9.69 Å². The molecule has 1 atom stereocenters. The summed E-state index contributed by atoms with van der Waals surface area (Å²) in [7, 11) is 0. The summed E-state index contributed by atoms with van der Waals surface area (Å²) in [6, 6.07) is 17.6. The second-order valence-corrected chi connectivity index (χ2v) is 6.76. The maximum absolute atomic E-state index is 12.8. The molecular weight excluding hydrogens is 352 g/mol. The van der Waals surface area contributed by atoms with E-state index in [1.165, 1.54) is 11.9 Å². The first-order valence-corrected chi connectivity index (χ1v) is 9.39. The van der Waals surface area contributed by atoms with Crippen molar-refractivity contribution in [1.29, 1.82) is 0 Å². The van der Waals surface area contributed by atoms with E-state index in [4.69, 9.17) is 0 Å². The Morgan fingerprint density at radius 3 is 2.89 bits per heavy atom. The Morgan fingerprint density at radius 2 is 2.07 bits per heavy atom. The van der Waals surface area contributed by atoms with Crippen molar-refractivity contribution in [1.82, 2.24) is 25.1 Å². The number of amides is 1. The third-order valence-corrected chi connectivity index (χ3v) is 4.84. The van der Waals surface area contributed by atoms with Crippen LogP contribution in [0.5, 0.6) is 0 Å². The van der Waals surface area contributed by atoms with Gasteiger partial charge in [-0.2, -0.15) is 0 Å². The van der Waals surface area contributed by atoms with Gasteiger partial charge in [0.2, 0.25) is 5.91 Å². The van der Waals surface area contributed by atoms with Crippen LogP contribution in [-0.2, 0) is 4.79 Å². The van der Waals surface area contributed by atoms with E-state index in [2.05, 4.69) is 50.0 Å². The zero-order chi connectivity index (χ0) is 19.2. The largest absolute Gasteiger partial charge is 0.325 e. The minimum Gasteiger partial charge on any atom is -0.325 e. The number of anilines is 1. The van der Waals surface area contributed by atoms with Crippen LogP contribution in [0.2, 0.25) is 0 Å². The molecule has 1 amide bonds. The first kappa shape index (κ1) is 18.1. The third-order valence-electron chi connectivity index (χ3n) is 4.84. The molecule has 7 heteroatoms. The van der Waals surface area contributed by atoms with Gasteiger partial charge in [0.05, 0.1) is 11.7 Å². The van der Waals surface area contributed by atoms with Crippen LogP contribution in [-0.4, -0.2) is 50.1 Å². The molecular formula is C21H22N6O. The van der Waals surface area contributed by atoms with Crippen molar-refractivity contribution in [2.75, 3.05) is 18.4 Å². The summed E-state index contributed by atoms with van der Waals surface area (Å²) in [5.74, 6) is 0.0273. The topological polar surface area (TPSA) is 75.9 Å². The quantitative estimate of drug-likeness (QED) is 0.718. The lowest BCUT2D eigenvalue weighted by atomic mass is 10.2. The Balaban J connectivity index is 1.38. The second-order valence-electron chi connectivity index (χ2n) is 6.76. The molecule has 0 radical (unpaired) electrons. The van der Waals surface area contributed by atoms with Crippen LogP contribution < -0.4 is 5.32 Å². The van der Waals surface area contributed by atoms with Gasteiger partial charge in [-0.25, -0.2) is 4.68 Å². The molecule has 1 unspecified atom stereocenters. The summed E-state index contributed by atoms with van der Waals surface area (Å²) in [6.45, 7) is 1.69. The van der Waals surface area contributed by atoms with Crippen molar-refractivity contribution in [2.45, 2.75) is 18.9 Å². The highest BCUT2D eigenvalue weighted by atomic mass is 16.2. The number of nitrogens with zero attached hydrogens (tertiary/aromatic N) is 5. The number of carbonyl (C=O) groups excluding carboxylic acids is 1. The second kappa shape index (κ2) is 8.58. The summed E-state index contributed by atoms with van der Waals surface area (Å²) in [5, 5.41) is 14.2. The number of likely N-dealkylation sites (tertiary alicyclic amines) is 1. The summed E-state index contributed by atoms with van der Waals surface area (Å²) < 4.78 is 1.56. The normalized spacial score (nSPS) is 17.2. The van der Waals surface area contributed by atoms with Gasteiger partial charge < -0.3 is 5.32 Å². The van der Waals surface area contributed by atoms with Crippen LogP contribution >= 0.6 is 0 Å². The van der Waals surface area contributed by atoms with E-state index >= 15 is 0 Å². The van der Waals surface area contributed by atoms with Gasteiger partial charge in [0, 0.05) is 12.2 Å². The monoisotopic (exact) mass is 374 g/mol. The summed E-state index contributed by atoms with van der Waals surface area (Å²) in [5.41, 5.74) is 2.71. The number of rotatable bonds is 6. The molecule has 142 valence electrons. The predicted molar refractivity (Wildman–Crippen MR) is 108 cm³/mol. The van der Waals surface area contributed by atoms with E-state index in [0.717, 1.165) is 37.3 Å². The van der Waals surface area contributed by atoms with Crippen molar-refractivity contribution < 1.29 is 4.79 Å². The Bertz CT molecular complexity index is 939. The number of hydrogen-bond donors (Lipinski definition) is 1. The molecule has 2 aromatic carbocycles. The minimum absolute atomic E-state index is 0.0273. The fraction of sp³-hybridized carbons (Fsp3) is 0.238. The summed E-state index contributed by atoms with van der Waals surface area (Å²) in [6.07, 6.45) is 7.65. The Morgan fingerprint density at radius 1 is 1.18 bits per heavy atom. The van der Waals surface area contributed by atoms with Gasteiger partial charge >= 0.3 is 0 Å². The van der Waals surface area contributed by atoms with Gasteiger partial charge in [0.25, 0.3) is 0 Å². The molecule has 1 N–H and O–H groups in total. The van der Waals surface area contributed by atoms with Crippen LogP contribution in [0, 0.1) is 0 Å². The molecule has 1 fully saturated rings. The highest BCUT2D eigenvalue weighted by molar-refractivity contribution is 5.95. The van der Waals surface area contributed by atoms with E-state index in [1.54, 1.807) is 4.68 Å². The maximum Gasteiger partial charge on any atom is 0.241 e. The average molecular weight is 374 g/mol. The van der Waals surface area contributed by atoms with E-state index in [-0.39, 0.29) is 11.9 Å². The highest BCUT2D eigenvalue weighted by Crippen LogP contribution is 2.20. The molecule has 1 aliphatic heterocycles. The minimum atomic E-state index is -0.114. The molecule has 1 saturated heterocycles. The molecule has 0 spiro atoms. The van der Waals surface area contributed by atoms with E-state index in [1.807, 2.05) is 42.5 Å². The lowest BCUT2D eigenvalue weighted by Gasteiger charge is -2.22. The van der Waals surface area contributed by atoms with Gasteiger partial charge in [0.1, 0.15) is 6.33 Å². The number of hydrogen-bond acceptors (Lipinski definition) is 5. The number of benzene rings is 2. The molecule has 2 heterocycles. The average Bonchev–Trinajstić information content (AvgIpc) is 3.41. The molecule has 0 saturated carbocycles. The fourth-order valence-electron chi connectivity index (χ4n) is 3.46. The number of tetrazole rings is 1. The Kier molecular flexibility index (Phi) is 5.53. The smallest absolute Gasteiger partial charge is 0.241 e. The van der Waals surface area contributed by atoms with Crippen molar-refractivity contribution in [3.05, 3.63) is 72.6 Å². The molecule has 0 bridgehead atoms. The van der Waals surface area contributed by atoms with Crippen LogP contribution in [0.4, 0.5) is 5.69 Å². The fourth-order valence-corrected chi connectivity index (χ4v) is 3.46. The van der Waals surface area contributed by atoms with Crippen molar-refractivity contribution >= 4 is 17.7 Å². The third kappa shape index (κ3) is 4.32. The van der Waals surface area contributed by atoms with Crippen LogP contribution in [0.25, 0.3) is 11.8 Å². The SMILES string of the molecule is O=C(Nc1cccc(-n2cnnn2)c1)C1CCCN1C/C=C/c1ccccc1. The van der Waals surface area contributed by atoms with Gasteiger partial charge in [-0.15, -0.1) is 5.10 Å². The molecule has 3 aromatic rings. The van der Waals surface area contributed by atoms with Crippen molar-refractivity contribution in [3.63, 3.8) is 0 Å². The van der Waals surface area contributed by atoms with Crippen LogP contribution in [0.15, 0.2) is 67.0 Å². The summed E-state index contributed by atoms with van der Waals surface area (Å²) in [4.78, 5) is 15.1. The van der Waals surface area contributed by atoms with Crippen molar-refractivity contribution in [3.8, 4) is 5.69 Å². The van der Waals surface area contributed by atoms with Gasteiger partial charge in [-0.1, -0.05) is 48.6 Å².